The lowest BCUT2D eigenvalue weighted by Crippen LogP contribution is -2.34. The molecule has 0 radical (unpaired) electrons. The average molecular weight is 290 g/mol. The van der Waals surface area contributed by atoms with E-state index in [4.69, 9.17) is 10.9 Å². The molecule has 0 aromatic heterocycles. The topological polar surface area (TPSA) is 91.0 Å². The number of hydrogen-bond donors (Lipinski definition) is 3. The van der Waals surface area contributed by atoms with Gasteiger partial charge in [0.25, 0.3) is 0 Å². The molecule has 4 N–H and O–H groups in total. The van der Waals surface area contributed by atoms with E-state index in [9.17, 15) is 4.79 Å². The Labute approximate surface area is 124 Å². The molecule has 0 bridgehead atoms. The number of amidine groups is 1. The van der Waals surface area contributed by atoms with Crippen LogP contribution in [0.4, 0.5) is 11.4 Å². The number of hydrogen-bond acceptors (Lipinski definition) is 4. The highest BCUT2D eigenvalue weighted by atomic mass is 16.4. The number of nitrogens with two attached hydrogens (primary N) is 1. The summed E-state index contributed by atoms with van der Waals surface area (Å²) in [6.45, 7) is 4.00. The summed E-state index contributed by atoms with van der Waals surface area (Å²) in [5.41, 5.74) is 7.41. The van der Waals surface area contributed by atoms with Crippen molar-refractivity contribution in [2.24, 2.45) is 16.8 Å². The fraction of sp³-hybridized carbons (Fsp3) is 0.467. The van der Waals surface area contributed by atoms with E-state index in [2.05, 4.69) is 15.4 Å². The van der Waals surface area contributed by atoms with Crippen molar-refractivity contribution < 1.29 is 10.0 Å². The van der Waals surface area contributed by atoms with Gasteiger partial charge in [-0.2, -0.15) is 0 Å². The smallest absolute Gasteiger partial charge is 0.235 e. The van der Waals surface area contributed by atoms with Crippen molar-refractivity contribution in [1.82, 2.24) is 0 Å². The van der Waals surface area contributed by atoms with E-state index in [0.29, 0.717) is 12.1 Å². The van der Waals surface area contributed by atoms with Crippen LogP contribution in [0.5, 0.6) is 0 Å². The van der Waals surface area contributed by atoms with Crippen LogP contribution in [0.1, 0.15) is 26.2 Å². The van der Waals surface area contributed by atoms with E-state index in [-0.39, 0.29) is 11.7 Å². The first-order valence-electron chi connectivity index (χ1n) is 7.29. The number of carbonyl (C=O) groups is 1. The largest absolute Gasteiger partial charge is 0.409 e. The Bertz CT molecular complexity index is 507. The van der Waals surface area contributed by atoms with Gasteiger partial charge in [0, 0.05) is 24.5 Å². The molecule has 21 heavy (non-hydrogen) atoms. The Balaban J connectivity index is 2.00. The molecule has 1 heterocycles. The Kier molecular flexibility index (Phi) is 5.03. The summed E-state index contributed by atoms with van der Waals surface area (Å²) in [6, 6.07) is 7.77. The van der Waals surface area contributed by atoms with Crippen molar-refractivity contribution in [1.29, 1.82) is 0 Å². The van der Waals surface area contributed by atoms with Crippen LogP contribution in [0.2, 0.25) is 0 Å². The maximum Gasteiger partial charge on any atom is 0.235 e. The van der Waals surface area contributed by atoms with Gasteiger partial charge in [0.05, 0.1) is 5.92 Å². The van der Waals surface area contributed by atoms with Crippen LogP contribution in [0, 0.1) is 5.92 Å². The van der Waals surface area contributed by atoms with E-state index in [1.54, 1.807) is 0 Å². The van der Waals surface area contributed by atoms with E-state index < -0.39 is 5.92 Å². The van der Waals surface area contributed by atoms with Crippen LogP contribution in [-0.2, 0) is 4.79 Å². The molecule has 1 aliphatic rings. The minimum atomic E-state index is -0.617. The molecular weight excluding hydrogens is 268 g/mol. The average Bonchev–Trinajstić information content (AvgIpc) is 3.02. The predicted octanol–water partition coefficient (Wildman–Crippen LogP) is 2.00. The van der Waals surface area contributed by atoms with Gasteiger partial charge in [0.1, 0.15) is 0 Å². The molecule has 6 nitrogen and oxygen atoms in total. The van der Waals surface area contributed by atoms with Gasteiger partial charge in [-0.1, -0.05) is 12.1 Å². The first-order valence-corrected chi connectivity index (χ1v) is 7.29. The summed E-state index contributed by atoms with van der Waals surface area (Å²) >= 11 is 0. The number of anilines is 2. The van der Waals surface area contributed by atoms with Gasteiger partial charge < -0.3 is 21.2 Å². The molecule has 1 saturated heterocycles. The summed E-state index contributed by atoms with van der Waals surface area (Å²) in [5.74, 6) is -0.946. The summed E-state index contributed by atoms with van der Waals surface area (Å²) in [7, 11) is 0. The highest BCUT2D eigenvalue weighted by Gasteiger charge is 2.21. The van der Waals surface area contributed by atoms with Crippen molar-refractivity contribution >= 4 is 23.1 Å². The van der Waals surface area contributed by atoms with Gasteiger partial charge in [-0.05, 0) is 43.5 Å². The number of rotatable bonds is 5. The lowest BCUT2D eigenvalue weighted by atomic mass is 10.0. The van der Waals surface area contributed by atoms with Crippen molar-refractivity contribution in [3.63, 3.8) is 0 Å². The first-order chi connectivity index (χ1) is 10.2. The zero-order valence-electron chi connectivity index (χ0n) is 12.2. The molecule has 1 aromatic rings. The number of nitrogens with zero attached hydrogens (tertiary/aromatic N) is 2. The molecule has 0 saturated carbocycles. The summed E-state index contributed by atoms with van der Waals surface area (Å²) in [4.78, 5) is 14.4. The molecule has 2 rings (SSSR count). The fourth-order valence-corrected chi connectivity index (χ4v) is 2.56. The van der Waals surface area contributed by atoms with Crippen LogP contribution in [-0.4, -0.2) is 30.0 Å². The number of amides is 1. The third kappa shape index (κ3) is 3.65. The summed E-state index contributed by atoms with van der Waals surface area (Å²) in [6.07, 6.45) is 2.94. The highest BCUT2D eigenvalue weighted by molar-refractivity contribution is 6.07. The maximum atomic E-state index is 12.1. The first kappa shape index (κ1) is 15.2. The minimum absolute atomic E-state index is 0.0660. The second-order valence-electron chi connectivity index (χ2n) is 5.22. The van der Waals surface area contributed by atoms with E-state index in [1.165, 1.54) is 18.5 Å². The van der Waals surface area contributed by atoms with Crippen LogP contribution in [0.15, 0.2) is 29.4 Å². The monoisotopic (exact) mass is 290 g/mol. The summed E-state index contributed by atoms with van der Waals surface area (Å²) < 4.78 is 0. The molecule has 1 aliphatic heterocycles. The van der Waals surface area contributed by atoms with Crippen LogP contribution in [0.3, 0.4) is 0 Å². The van der Waals surface area contributed by atoms with Gasteiger partial charge in [0.2, 0.25) is 5.91 Å². The third-order valence-corrected chi connectivity index (χ3v) is 3.80. The third-order valence-electron chi connectivity index (χ3n) is 3.80. The maximum absolute atomic E-state index is 12.1. The second kappa shape index (κ2) is 6.97. The minimum Gasteiger partial charge on any atom is -0.409 e. The number of carbonyl (C=O) groups excluding carboxylic acids is 1. The molecule has 6 heteroatoms. The predicted molar refractivity (Wildman–Crippen MR) is 83.7 cm³/mol. The quantitative estimate of drug-likeness (QED) is 0.335. The lowest BCUT2D eigenvalue weighted by Gasteiger charge is -2.18. The van der Waals surface area contributed by atoms with Crippen molar-refractivity contribution in [2.45, 2.75) is 26.2 Å². The molecule has 1 atom stereocenters. The van der Waals surface area contributed by atoms with Crippen LogP contribution >= 0.6 is 0 Å². The van der Waals surface area contributed by atoms with Crippen molar-refractivity contribution in [3.8, 4) is 0 Å². The van der Waals surface area contributed by atoms with E-state index in [0.717, 1.165) is 13.1 Å². The fourth-order valence-electron chi connectivity index (χ4n) is 2.56. The lowest BCUT2D eigenvalue weighted by molar-refractivity contribution is -0.118. The Morgan fingerprint density at radius 3 is 2.52 bits per heavy atom. The van der Waals surface area contributed by atoms with Gasteiger partial charge in [-0.3, -0.25) is 4.79 Å². The van der Waals surface area contributed by atoms with Gasteiger partial charge in [-0.25, -0.2) is 0 Å². The molecular formula is C15H22N4O2. The van der Waals surface area contributed by atoms with E-state index in [1.807, 2.05) is 31.2 Å². The molecule has 1 aromatic carbocycles. The molecule has 1 unspecified atom stereocenters. The Morgan fingerprint density at radius 2 is 2.00 bits per heavy atom. The number of oxime groups is 1. The van der Waals surface area contributed by atoms with Gasteiger partial charge >= 0.3 is 0 Å². The number of benzene rings is 1. The van der Waals surface area contributed by atoms with Gasteiger partial charge in [-0.15, -0.1) is 0 Å². The Morgan fingerprint density at radius 1 is 1.38 bits per heavy atom. The Hall–Kier alpha value is -2.24. The highest BCUT2D eigenvalue weighted by Crippen LogP contribution is 2.22. The SMILES string of the molecule is CCC(C(=O)Nc1ccc(N2CCCC2)cc1)C(N)=NO. The van der Waals surface area contributed by atoms with Gasteiger partial charge in [0.15, 0.2) is 5.84 Å². The van der Waals surface area contributed by atoms with E-state index >= 15 is 0 Å². The van der Waals surface area contributed by atoms with Crippen LogP contribution < -0.4 is 16.0 Å². The van der Waals surface area contributed by atoms with Crippen molar-refractivity contribution in [2.75, 3.05) is 23.3 Å². The van der Waals surface area contributed by atoms with Crippen molar-refractivity contribution in [3.05, 3.63) is 24.3 Å². The number of nitrogens with one attached hydrogen (secondary N) is 1. The summed E-state index contributed by atoms with van der Waals surface area (Å²) in [5, 5.41) is 14.4. The molecule has 114 valence electrons. The molecule has 0 aliphatic carbocycles. The zero-order valence-corrected chi connectivity index (χ0v) is 12.2. The second-order valence-corrected chi connectivity index (χ2v) is 5.22. The molecule has 0 spiro atoms. The van der Waals surface area contributed by atoms with Crippen LogP contribution in [0.25, 0.3) is 0 Å². The normalized spacial score (nSPS) is 16.8. The molecule has 1 amide bonds. The standard InChI is InChI=1S/C15H22N4O2/c1-2-13(14(16)18-21)15(20)17-11-5-7-12(8-6-11)19-9-3-4-10-19/h5-8,13,21H,2-4,9-10H2,1H3,(H2,16,18)(H,17,20). The molecule has 1 fully saturated rings. The zero-order chi connectivity index (χ0) is 15.2.